The van der Waals surface area contributed by atoms with E-state index in [9.17, 15) is 9.59 Å². The second kappa shape index (κ2) is 6.33. The first-order valence-corrected chi connectivity index (χ1v) is 8.57. The van der Waals surface area contributed by atoms with Crippen LogP contribution >= 0.6 is 0 Å². The number of carboxylic acids is 1. The first-order valence-electron chi connectivity index (χ1n) is 8.57. The average molecular weight is 350 g/mol. The van der Waals surface area contributed by atoms with Crippen LogP contribution in [0.15, 0.2) is 45.6 Å². The van der Waals surface area contributed by atoms with Gasteiger partial charge in [0.2, 0.25) is 0 Å². The standard InChI is InChI=1S/C21H18O5/c1-12-9-17(25-11-13-5-7-14(8-6-13)20(22)23)19-15-3-2-4-16(15)21(24)26-18(19)10-12/h5-10H,2-4,11H2,1H3,(H,22,23). The summed E-state index contributed by atoms with van der Waals surface area (Å²) in [6, 6.07) is 10.4. The maximum atomic E-state index is 12.2. The molecule has 5 nitrogen and oxygen atoms in total. The minimum Gasteiger partial charge on any atom is -0.488 e. The third kappa shape index (κ3) is 2.86. The van der Waals surface area contributed by atoms with Gasteiger partial charge >= 0.3 is 11.6 Å². The zero-order valence-electron chi connectivity index (χ0n) is 14.4. The minimum atomic E-state index is -0.951. The molecule has 26 heavy (non-hydrogen) atoms. The number of benzene rings is 2. The Morgan fingerprint density at radius 1 is 1.15 bits per heavy atom. The fourth-order valence-corrected chi connectivity index (χ4v) is 3.52. The SMILES string of the molecule is Cc1cc(OCc2ccc(C(=O)O)cc2)c2c3c(c(=O)oc2c1)CCC3. The van der Waals surface area contributed by atoms with Gasteiger partial charge in [-0.15, -0.1) is 0 Å². The molecule has 0 fully saturated rings. The molecule has 0 radical (unpaired) electrons. The lowest BCUT2D eigenvalue weighted by Gasteiger charge is -2.13. The number of aryl methyl sites for hydroxylation is 2. The number of carbonyl (C=O) groups is 1. The van der Waals surface area contributed by atoms with E-state index in [1.54, 1.807) is 24.3 Å². The monoisotopic (exact) mass is 350 g/mol. The molecule has 1 aliphatic carbocycles. The Hall–Kier alpha value is -3.08. The van der Waals surface area contributed by atoms with Crippen LogP contribution in [0.4, 0.5) is 0 Å². The van der Waals surface area contributed by atoms with Gasteiger partial charge in [-0.25, -0.2) is 9.59 Å². The zero-order valence-corrected chi connectivity index (χ0v) is 14.4. The molecule has 1 aromatic heterocycles. The van der Waals surface area contributed by atoms with Crippen LogP contribution in [-0.2, 0) is 19.4 Å². The van der Waals surface area contributed by atoms with Crippen molar-refractivity contribution < 1.29 is 19.1 Å². The van der Waals surface area contributed by atoms with Gasteiger partial charge in [-0.3, -0.25) is 0 Å². The number of aromatic carboxylic acids is 1. The van der Waals surface area contributed by atoms with E-state index in [1.807, 2.05) is 19.1 Å². The molecule has 0 amide bonds. The van der Waals surface area contributed by atoms with Crippen molar-refractivity contribution in [2.75, 3.05) is 0 Å². The van der Waals surface area contributed by atoms with E-state index in [4.69, 9.17) is 14.3 Å². The average Bonchev–Trinajstić information content (AvgIpc) is 3.10. The maximum absolute atomic E-state index is 12.2. The van der Waals surface area contributed by atoms with E-state index in [0.717, 1.165) is 46.9 Å². The summed E-state index contributed by atoms with van der Waals surface area (Å²) in [6.45, 7) is 2.24. The van der Waals surface area contributed by atoms with Crippen LogP contribution in [0.3, 0.4) is 0 Å². The van der Waals surface area contributed by atoms with Gasteiger partial charge in [0.25, 0.3) is 0 Å². The molecule has 1 aliphatic rings. The second-order valence-corrected chi connectivity index (χ2v) is 6.63. The van der Waals surface area contributed by atoms with Crippen LogP contribution in [0.1, 0.15) is 39.0 Å². The van der Waals surface area contributed by atoms with Gasteiger partial charge in [0.05, 0.1) is 10.9 Å². The van der Waals surface area contributed by atoms with Crippen LogP contribution in [0.5, 0.6) is 5.75 Å². The highest BCUT2D eigenvalue weighted by Crippen LogP contribution is 2.35. The highest BCUT2D eigenvalue weighted by atomic mass is 16.5. The number of hydrogen-bond donors (Lipinski definition) is 1. The van der Waals surface area contributed by atoms with Crippen molar-refractivity contribution in [3.05, 3.63) is 74.6 Å². The highest BCUT2D eigenvalue weighted by Gasteiger charge is 2.22. The van der Waals surface area contributed by atoms with Gasteiger partial charge in [-0.2, -0.15) is 0 Å². The molecule has 5 heteroatoms. The number of hydrogen-bond acceptors (Lipinski definition) is 4. The summed E-state index contributed by atoms with van der Waals surface area (Å²) in [4.78, 5) is 23.1. The van der Waals surface area contributed by atoms with E-state index in [2.05, 4.69) is 0 Å². The third-order valence-electron chi connectivity index (χ3n) is 4.77. The molecule has 132 valence electrons. The summed E-state index contributed by atoms with van der Waals surface area (Å²) in [5.74, 6) is -0.253. The molecule has 0 saturated heterocycles. The molecular formula is C21H18O5. The molecule has 0 saturated carbocycles. The number of rotatable bonds is 4. The van der Waals surface area contributed by atoms with Crippen molar-refractivity contribution in [2.45, 2.75) is 32.8 Å². The van der Waals surface area contributed by atoms with Gasteiger partial charge in [-0.05, 0) is 67.1 Å². The predicted octanol–water partition coefficient (Wildman–Crippen LogP) is 3.87. The van der Waals surface area contributed by atoms with Crippen LogP contribution in [0, 0.1) is 6.92 Å². The summed E-state index contributed by atoms with van der Waals surface area (Å²) in [7, 11) is 0. The summed E-state index contributed by atoms with van der Waals surface area (Å²) in [6.07, 6.45) is 2.55. The van der Waals surface area contributed by atoms with E-state index in [0.29, 0.717) is 17.9 Å². The predicted molar refractivity (Wildman–Crippen MR) is 97.0 cm³/mol. The fraction of sp³-hybridized carbons (Fsp3) is 0.238. The van der Waals surface area contributed by atoms with Gasteiger partial charge in [-0.1, -0.05) is 12.1 Å². The molecule has 0 unspecified atom stereocenters. The Morgan fingerprint density at radius 2 is 1.88 bits per heavy atom. The Morgan fingerprint density at radius 3 is 2.62 bits per heavy atom. The number of fused-ring (bicyclic) bond motifs is 3. The lowest BCUT2D eigenvalue weighted by molar-refractivity contribution is 0.0697. The summed E-state index contributed by atoms with van der Waals surface area (Å²) < 4.78 is 11.6. The lowest BCUT2D eigenvalue weighted by atomic mass is 10.0. The number of carboxylic acid groups (broad SMARTS) is 1. The Bertz CT molecular complexity index is 1060. The fourth-order valence-electron chi connectivity index (χ4n) is 3.52. The third-order valence-corrected chi connectivity index (χ3v) is 4.77. The van der Waals surface area contributed by atoms with E-state index >= 15 is 0 Å². The van der Waals surface area contributed by atoms with Crippen molar-refractivity contribution in [1.82, 2.24) is 0 Å². The lowest BCUT2D eigenvalue weighted by Crippen LogP contribution is -2.08. The molecular weight excluding hydrogens is 332 g/mol. The Kier molecular flexibility index (Phi) is 3.99. The molecule has 2 aromatic carbocycles. The normalized spacial score (nSPS) is 13.0. The molecule has 1 heterocycles. The van der Waals surface area contributed by atoms with Crippen LogP contribution in [0.2, 0.25) is 0 Å². The largest absolute Gasteiger partial charge is 0.488 e. The molecule has 4 rings (SSSR count). The zero-order chi connectivity index (χ0) is 18.3. The van der Waals surface area contributed by atoms with Crippen molar-refractivity contribution >= 4 is 16.9 Å². The smallest absolute Gasteiger partial charge is 0.339 e. The van der Waals surface area contributed by atoms with Crippen molar-refractivity contribution in [1.29, 1.82) is 0 Å². The molecule has 1 N–H and O–H groups in total. The van der Waals surface area contributed by atoms with E-state index in [-0.39, 0.29) is 11.2 Å². The summed E-state index contributed by atoms with van der Waals surface area (Å²) in [5, 5.41) is 9.86. The van der Waals surface area contributed by atoms with Gasteiger partial charge < -0.3 is 14.3 Å². The van der Waals surface area contributed by atoms with Crippen molar-refractivity contribution in [2.24, 2.45) is 0 Å². The second-order valence-electron chi connectivity index (χ2n) is 6.63. The Balaban J connectivity index is 1.71. The van der Waals surface area contributed by atoms with Crippen LogP contribution < -0.4 is 10.4 Å². The summed E-state index contributed by atoms with van der Waals surface area (Å²) >= 11 is 0. The van der Waals surface area contributed by atoms with Gasteiger partial charge in [0, 0.05) is 5.56 Å². The molecule has 0 spiro atoms. The first-order chi connectivity index (χ1) is 12.5. The molecule has 0 atom stereocenters. The van der Waals surface area contributed by atoms with Crippen LogP contribution in [0.25, 0.3) is 11.0 Å². The van der Waals surface area contributed by atoms with Crippen molar-refractivity contribution in [3.8, 4) is 5.75 Å². The van der Waals surface area contributed by atoms with Crippen LogP contribution in [-0.4, -0.2) is 11.1 Å². The minimum absolute atomic E-state index is 0.245. The topological polar surface area (TPSA) is 76.7 Å². The molecule has 0 bridgehead atoms. The summed E-state index contributed by atoms with van der Waals surface area (Å²) in [5.41, 5.74) is 4.19. The quantitative estimate of drug-likeness (QED) is 0.723. The van der Waals surface area contributed by atoms with E-state index in [1.165, 1.54) is 0 Å². The van der Waals surface area contributed by atoms with Gasteiger partial charge in [0.1, 0.15) is 17.9 Å². The Labute approximate surface area is 149 Å². The number of ether oxygens (including phenoxy) is 1. The molecule has 3 aromatic rings. The van der Waals surface area contributed by atoms with Crippen molar-refractivity contribution in [3.63, 3.8) is 0 Å². The first kappa shape index (κ1) is 16.4. The maximum Gasteiger partial charge on any atom is 0.339 e. The highest BCUT2D eigenvalue weighted by molar-refractivity contribution is 5.89. The van der Waals surface area contributed by atoms with Gasteiger partial charge in [0.15, 0.2) is 0 Å². The van der Waals surface area contributed by atoms with E-state index < -0.39 is 5.97 Å². The molecule has 0 aliphatic heterocycles.